The van der Waals surface area contributed by atoms with E-state index >= 15 is 0 Å². The van der Waals surface area contributed by atoms with Gasteiger partial charge in [0.05, 0.1) is 28.2 Å². The van der Waals surface area contributed by atoms with E-state index in [2.05, 4.69) is 242 Å². The van der Waals surface area contributed by atoms with Crippen LogP contribution in [-0.2, 0) is 10.8 Å². The Kier molecular flexibility index (Phi) is 7.57. The van der Waals surface area contributed by atoms with Gasteiger partial charge < -0.3 is 14.5 Å². The molecule has 0 saturated heterocycles. The summed E-state index contributed by atoms with van der Waals surface area (Å²) < 4.78 is 6.87. The molecular formula is C60H42N2O. The zero-order chi connectivity index (χ0) is 41.9. The minimum atomic E-state index is -0.526. The van der Waals surface area contributed by atoms with Crippen LogP contribution < -0.4 is 14.5 Å². The van der Waals surface area contributed by atoms with E-state index in [1.54, 1.807) is 0 Å². The van der Waals surface area contributed by atoms with Crippen LogP contribution in [0.1, 0.15) is 47.2 Å². The SMILES string of the molecule is CC1(C)c2ccccc2N(c2ccc3c(ccc4cc(N5c6ccccc6Oc6cc7c(cc65)C(c5ccccc5)(c5ccccc5)c5ccccc5-7)ccc43)c2)c2ccccc21. The molecule has 2 aliphatic heterocycles. The number of rotatable bonds is 4. The van der Waals surface area contributed by atoms with Crippen molar-refractivity contribution in [3.63, 3.8) is 0 Å². The number of benzene rings is 10. The monoisotopic (exact) mass is 806 g/mol. The third-order valence-electron chi connectivity index (χ3n) is 14.1. The van der Waals surface area contributed by atoms with Gasteiger partial charge in [-0.25, -0.2) is 0 Å². The molecule has 0 amide bonds. The lowest BCUT2D eigenvalue weighted by Gasteiger charge is -2.42. The van der Waals surface area contributed by atoms with Crippen molar-refractivity contribution in [3.8, 4) is 22.6 Å². The first-order chi connectivity index (χ1) is 31.0. The molecule has 10 aromatic rings. The van der Waals surface area contributed by atoms with Crippen LogP contribution in [0.25, 0.3) is 32.7 Å². The second-order valence-corrected chi connectivity index (χ2v) is 17.7. The highest BCUT2D eigenvalue weighted by Gasteiger charge is 2.47. The Morgan fingerprint density at radius 2 is 0.841 bits per heavy atom. The molecule has 1 aliphatic carbocycles. The summed E-state index contributed by atoms with van der Waals surface area (Å²) >= 11 is 0. The van der Waals surface area contributed by atoms with Crippen LogP contribution in [0.15, 0.2) is 218 Å². The summed E-state index contributed by atoms with van der Waals surface area (Å²) in [5.74, 6) is 1.68. The van der Waals surface area contributed by atoms with Crippen molar-refractivity contribution in [2.45, 2.75) is 24.7 Å². The minimum Gasteiger partial charge on any atom is -0.453 e. The average Bonchev–Trinajstić information content (AvgIpc) is 3.62. The predicted octanol–water partition coefficient (Wildman–Crippen LogP) is 16.0. The largest absolute Gasteiger partial charge is 0.453 e. The molecule has 10 aromatic carbocycles. The third-order valence-corrected chi connectivity index (χ3v) is 14.1. The van der Waals surface area contributed by atoms with Crippen LogP contribution in [0, 0.1) is 0 Å². The fourth-order valence-corrected chi connectivity index (χ4v) is 11.2. The predicted molar refractivity (Wildman–Crippen MR) is 260 cm³/mol. The van der Waals surface area contributed by atoms with Crippen LogP contribution in [0.4, 0.5) is 34.1 Å². The number of nitrogens with zero attached hydrogens (tertiary/aromatic N) is 2. The number of hydrogen-bond donors (Lipinski definition) is 0. The Bertz CT molecular complexity index is 3390. The van der Waals surface area contributed by atoms with E-state index in [1.807, 2.05) is 0 Å². The lowest BCUT2D eigenvalue weighted by molar-refractivity contribution is 0.477. The van der Waals surface area contributed by atoms with Crippen LogP contribution >= 0.6 is 0 Å². The quantitative estimate of drug-likeness (QED) is 0.165. The van der Waals surface area contributed by atoms with Gasteiger partial charge in [0, 0.05) is 16.8 Å². The highest BCUT2D eigenvalue weighted by atomic mass is 16.5. The van der Waals surface area contributed by atoms with Crippen molar-refractivity contribution in [3.05, 3.63) is 252 Å². The normalized spacial score (nSPS) is 14.8. The zero-order valence-electron chi connectivity index (χ0n) is 35.1. The molecule has 13 rings (SSSR count). The highest BCUT2D eigenvalue weighted by molar-refractivity contribution is 6.10. The van der Waals surface area contributed by atoms with Crippen molar-refractivity contribution in [2.75, 3.05) is 9.80 Å². The van der Waals surface area contributed by atoms with Crippen molar-refractivity contribution in [1.29, 1.82) is 0 Å². The average molecular weight is 807 g/mol. The van der Waals surface area contributed by atoms with Gasteiger partial charge in [0.15, 0.2) is 11.5 Å². The standard InChI is InChI=1S/C60H42N2O/c1-59(2)50-23-11-13-25-53(50)61(54-26-14-12-24-51(54)59)43-31-33-45-39(35-43)29-30-40-36-44(32-34-46(40)45)62-55-27-15-16-28-57(55)63-58-37-48-47-21-9-10-22-49(47)60(52(48)38-56(58)62,41-17-5-3-6-18-41)42-19-7-4-8-20-42/h3-38H,1-2H3. The van der Waals surface area contributed by atoms with E-state index in [1.165, 1.54) is 77.4 Å². The Morgan fingerprint density at radius 3 is 1.44 bits per heavy atom. The van der Waals surface area contributed by atoms with Crippen LogP contribution in [0.2, 0.25) is 0 Å². The second kappa shape index (κ2) is 13.3. The minimum absolute atomic E-state index is 0.103. The molecule has 0 bridgehead atoms. The van der Waals surface area contributed by atoms with Gasteiger partial charge in [-0.15, -0.1) is 0 Å². The topological polar surface area (TPSA) is 15.7 Å². The van der Waals surface area contributed by atoms with Crippen molar-refractivity contribution < 1.29 is 4.74 Å². The lowest BCUT2D eigenvalue weighted by Crippen LogP contribution is -2.30. The van der Waals surface area contributed by atoms with Gasteiger partial charge in [0.25, 0.3) is 0 Å². The fourth-order valence-electron chi connectivity index (χ4n) is 11.2. The van der Waals surface area contributed by atoms with Crippen LogP contribution in [0.5, 0.6) is 11.5 Å². The lowest BCUT2D eigenvalue weighted by atomic mass is 9.67. The molecular weight excluding hydrogens is 765 g/mol. The molecule has 0 spiro atoms. The third kappa shape index (κ3) is 5.02. The smallest absolute Gasteiger partial charge is 0.152 e. The zero-order valence-corrected chi connectivity index (χ0v) is 35.1. The number of fused-ring (bicyclic) bond motifs is 10. The molecule has 2 heterocycles. The molecule has 0 radical (unpaired) electrons. The van der Waals surface area contributed by atoms with Gasteiger partial charge in [-0.1, -0.05) is 172 Å². The number of para-hydroxylation sites is 4. The molecule has 0 saturated carbocycles. The molecule has 0 fully saturated rings. The van der Waals surface area contributed by atoms with Gasteiger partial charge in [0.1, 0.15) is 0 Å². The first kappa shape index (κ1) is 35.8. The Balaban J connectivity index is 0.973. The molecule has 63 heavy (non-hydrogen) atoms. The van der Waals surface area contributed by atoms with Gasteiger partial charge in [-0.2, -0.15) is 0 Å². The van der Waals surface area contributed by atoms with E-state index in [9.17, 15) is 0 Å². The fraction of sp³-hybridized carbons (Fsp3) is 0.0667. The van der Waals surface area contributed by atoms with Gasteiger partial charge in [-0.3, -0.25) is 0 Å². The Hall–Kier alpha value is -7.88. The maximum atomic E-state index is 6.87. The first-order valence-corrected chi connectivity index (χ1v) is 21.9. The molecule has 298 valence electrons. The Labute approximate surface area is 367 Å². The second-order valence-electron chi connectivity index (χ2n) is 17.7. The summed E-state index contributed by atoms with van der Waals surface area (Å²) in [7, 11) is 0. The first-order valence-electron chi connectivity index (χ1n) is 21.9. The van der Waals surface area contributed by atoms with Gasteiger partial charge in [0.2, 0.25) is 0 Å². The van der Waals surface area contributed by atoms with E-state index in [0.717, 1.165) is 34.2 Å². The van der Waals surface area contributed by atoms with E-state index < -0.39 is 5.41 Å². The summed E-state index contributed by atoms with van der Waals surface area (Å²) in [6, 6.07) is 80.2. The molecule has 3 aliphatic rings. The molecule has 0 unspecified atom stereocenters. The summed E-state index contributed by atoms with van der Waals surface area (Å²) in [6.07, 6.45) is 0. The van der Waals surface area contributed by atoms with Gasteiger partial charge in [-0.05, 0) is 127 Å². The maximum absolute atomic E-state index is 6.87. The molecule has 0 aromatic heterocycles. The summed E-state index contributed by atoms with van der Waals surface area (Å²) in [5.41, 5.74) is 16.2. The van der Waals surface area contributed by atoms with Crippen molar-refractivity contribution in [1.82, 2.24) is 0 Å². The van der Waals surface area contributed by atoms with E-state index in [-0.39, 0.29) is 5.41 Å². The van der Waals surface area contributed by atoms with Gasteiger partial charge >= 0.3 is 0 Å². The molecule has 0 N–H and O–H groups in total. The summed E-state index contributed by atoms with van der Waals surface area (Å²) in [5, 5.41) is 4.85. The molecule has 3 nitrogen and oxygen atoms in total. The van der Waals surface area contributed by atoms with Crippen LogP contribution in [0.3, 0.4) is 0 Å². The summed E-state index contributed by atoms with van der Waals surface area (Å²) in [4.78, 5) is 4.84. The number of anilines is 6. The number of hydrogen-bond acceptors (Lipinski definition) is 3. The van der Waals surface area contributed by atoms with Crippen molar-refractivity contribution in [2.24, 2.45) is 0 Å². The Morgan fingerprint density at radius 1 is 0.349 bits per heavy atom. The van der Waals surface area contributed by atoms with E-state index in [4.69, 9.17) is 4.74 Å². The molecule has 3 heteroatoms. The summed E-state index contributed by atoms with van der Waals surface area (Å²) in [6.45, 7) is 4.68. The number of ether oxygens (including phenoxy) is 1. The molecule has 0 atom stereocenters. The van der Waals surface area contributed by atoms with Crippen LogP contribution in [-0.4, -0.2) is 0 Å². The van der Waals surface area contributed by atoms with E-state index in [0.29, 0.717) is 0 Å². The van der Waals surface area contributed by atoms with Crippen molar-refractivity contribution >= 4 is 55.7 Å². The maximum Gasteiger partial charge on any atom is 0.152 e. The highest BCUT2D eigenvalue weighted by Crippen LogP contribution is 2.61.